The Morgan fingerprint density at radius 3 is 2.11 bits per heavy atom. The number of anilines is 1. The van der Waals surface area contributed by atoms with Gasteiger partial charge in [0.15, 0.2) is 21.5 Å². The van der Waals surface area contributed by atoms with Gasteiger partial charge in [0.2, 0.25) is 20.0 Å². The molecule has 1 aromatic carbocycles. The molecule has 2 aromatic heterocycles. The third kappa shape index (κ3) is 6.75. The Bertz CT molecular complexity index is 1660. The molecular weight excluding hydrogens is 591 g/mol. The Kier molecular flexibility index (Phi) is 7.91. The molecule has 2 heterocycles. The highest BCUT2D eigenvalue weighted by Crippen LogP contribution is 2.24. The fourth-order valence-electron chi connectivity index (χ4n) is 3.13. The second-order valence-corrected chi connectivity index (χ2v) is 14.7. The van der Waals surface area contributed by atoms with Gasteiger partial charge in [-0.2, -0.15) is 9.67 Å². The Morgan fingerprint density at radius 1 is 0.973 bits per heavy atom. The van der Waals surface area contributed by atoms with Gasteiger partial charge >= 0.3 is 0 Å². The van der Waals surface area contributed by atoms with Crippen LogP contribution in [0.4, 0.5) is 5.95 Å². The van der Waals surface area contributed by atoms with Gasteiger partial charge in [-0.05, 0) is 37.3 Å². The molecule has 3 rings (SSSR count). The van der Waals surface area contributed by atoms with Crippen molar-refractivity contribution < 1.29 is 30.0 Å². The molecule has 37 heavy (non-hydrogen) atoms. The number of aromatic nitrogens is 4. The average molecular weight is 612 g/mol. The monoisotopic (exact) mass is 610 g/mol. The van der Waals surface area contributed by atoms with Gasteiger partial charge < -0.3 is 5.32 Å². The van der Waals surface area contributed by atoms with E-state index in [-0.39, 0.29) is 35.9 Å². The first-order chi connectivity index (χ1) is 16.9. The summed E-state index contributed by atoms with van der Waals surface area (Å²) in [6.45, 7) is 1.46. The highest BCUT2D eigenvalue weighted by Gasteiger charge is 2.33. The van der Waals surface area contributed by atoms with Crippen molar-refractivity contribution in [3.63, 3.8) is 0 Å². The number of benzene rings is 1. The van der Waals surface area contributed by atoms with Gasteiger partial charge in [-0.1, -0.05) is 23.2 Å². The van der Waals surface area contributed by atoms with Crippen LogP contribution < -0.4 is 9.03 Å². The molecule has 1 unspecified atom stereocenters. The first kappa shape index (κ1) is 28.8. The van der Waals surface area contributed by atoms with Crippen molar-refractivity contribution in [3.8, 4) is 5.82 Å². The first-order valence-electron chi connectivity index (χ1n) is 9.99. The number of rotatable bonds is 8. The molecule has 0 saturated heterocycles. The Balaban J connectivity index is 2.11. The zero-order chi connectivity index (χ0) is 27.9. The van der Waals surface area contributed by atoms with E-state index in [0.717, 1.165) is 17.0 Å². The topological polar surface area (TPSA) is 178 Å². The van der Waals surface area contributed by atoms with E-state index < -0.39 is 47.8 Å². The first-order valence-corrected chi connectivity index (χ1v) is 16.3. The standard InChI is InChI=1S/C19H20Cl2N6O7S3/c1-11(23-18(28)12-7-14(21)9-15(8-12)35(2,29)30)17-24-19(27(36(3,31)32)37(4,33)34)25-26(17)16-6-5-13(20)10-22-16/h5-11H,1-4H3,(H,23,28). The number of carbonyl (C=O) groups excluding carboxylic acids is 1. The summed E-state index contributed by atoms with van der Waals surface area (Å²) in [5.74, 6) is -1.47. The molecule has 1 amide bonds. The second-order valence-electron chi connectivity index (χ2n) is 7.88. The maximum absolute atomic E-state index is 13.0. The van der Waals surface area contributed by atoms with Gasteiger partial charge in [0, 0.05) is 23.0 Å². The number of carbonyl (C=O) groups is 1. The van der Waals surface area contributed by atoms with Crippen molar-refractivity contribution >= 4 is 64.9 Å². The van der Waals surface area contributed by atoms with E-state index in [1.54, 1.807) is 0 Å². The molecule has 0 radical (unpaired) electrons. The van der Waals surface area contributed by atoms with Crippen molar-refractivity contribution in [1.29, 1.82) is 0 Å². The van der Waals surface area contributed by atoms with Crippen LogP contribution in [0.25, 0.3) is 5.82 Å². The van der Waals surface area contributed by atoms with Crippen LogP contribution >= 0.6 is 23.2 Å². The average Bonchev–Trinajstić information content (AvgIpc) is 3.15. The van der Waals surface area contributed by atoms with Gasteiger partial charge in [0.1, 0.15) is 0 Å². The molecule has 0 bridgehead atoms. The van der Waals surface area contributed by atoms with E-state index in [9.17, 15) is 30.0 Å². The lowest BCUT2D eigenvalue weighted by molar-refractivity contribution is 0.0937. The molecule has 0 aliphatic carbocycles. The van der Waals surface area contributed by atoms with Crippen LogP contribution in [0.5, 0.6) is 0 Å². The van der Waals surface area contributed by atoms with Crippen LogP contribution in [0.15, 0.2) is 41.4 Å². The number of nitrogens with zero attached hydrogens (tertiary/aromatic N) is 5. The number of nitrogens with one attached hydrogen (secondary N) is 1. The van der Waals surface area contributed by atoms with E-state index in [1.807, 2.05) is 0 Å². The number of pyridine rings is 1. The predicted octanol–water partition coefficient (Wildman–Crippen LogP) is 1.59. The van der Waals surface area contributed by atoms with E-state index >= 15 is 0 Å². The molecule has 0 aliphatic heterocycles. The molecule has 18 heteroatoms. The number of sulfone groups is 1. The zero-order valence-corrected chi connectivity index (χ0v) is 23.6. The number of amides is 1. The summed E-state index contributed by atoms with van der Waals surface area (Å²) in [6, 6.07) is 5.44. The Hall–Kier alpha value is -2.79. The minimum absolute atomic E-state index is 0.00786. The van der Waals surface area contributed by atoms with Crippen molar-refractivity contribution in [2.75, 3.05) is 22.5 Å². The van der Waals surface area contributed by atoms with E-state index in [2.05, 4.69) is 20.4 Å². The number of hydrogen-bond acceptors (Lipinski definition) is 10. The number of halogens is 2. The highest BCUT2D eigenvalue weighted by molar-refractivity contribution is 8.09. The third-order valence-corrected chi connectivity index (χ3v) is 9.30. The summed E-state index contributed by atoms with van der Waals surface area (Å²) in [5.41, 5.74) is -0.0791. The lowest BCUT2D eigenvalue weighted by Crippen LogP contribution is -2.36. The van der Waals surface area contributed by atoms with E-state index in [0.29, 0.717) is 12.5 Å². The second kappa shape index (κ2) is 10.2. The molecule has 0 aliphatic rings. The van der Waals surface area contributed by atoms with E-state index in [1.165, 1.54) is 37.4 Å². The summed E-state index contributed by atoms with van der Waals surface area (Å²) in [6.07, 6.45) is 3.56. The number of hydrogen-bond donors (Lipinski definition) is 1. The number of sulfonamides is 2. The molecular formula is C19H20Cl2N6O7S3. The van der Waals surface area contributed by atoms with Crippen LogP contribution in [0.2, 0.25) is 10.0 Å². The third-order valence-electron chi connectivity index (χ3n) is 4.61. The van der Waals surface area contributed by atoms with Crippen LogP contribution in [0.1, 0.15) is 29.1 Å². The fourth-order valence-corrected chi connectivity index (χ4v) is 6.94. The molecule has 0 saturated carbocycles. The van der Waals surface area contributed by atoms with Crippen molar-refractivity contribution in [2.45, 2.75) is 17.9 Å². The van der Waals surface area contributed by atoms with Gasteiger partial charge in [-0.3, -0.25) is 4.79 Å². The van der Waals surface area contributed by atoms with Crippen molar-refractivity contribution in [2.24, 2.45) is 0 Å². The summed E-state index contributed by atoms with van der Waals surface area (Å²) in [7, 11) is -12.4. The molecule has 200 valence electrons. The van der Waals surface area contributed by atoms with E-state index in [4.69, 9.17) is 23.2 Å². The Morgan fingerprint density at radius 2 is 1.59 bits per heavy atom. The molecule has 3 aromatic rings. The normalized spacial score (nSPS) is 13.2. The van der Waals surface area contributed by atoms with Crippen LogP contribution in [-0.2, 0) is 29.9 Å². The predicted molar refractivity (Wildman–Crippen MR) is 137 cm³/mol. The summed E-state index contributed by atoms with van der Waals surface area (Å²) < 4.78 is 73.9. The lowest BCUT2D eigenvalue weighted by atomic mass is 10.2. The summed E-state index contributed by atoms with van der Waals surface area (Å²) in [5, 5.41) is 6.89. The highest BCUT2D eigenvalue weighted by atomic mass is 35.5. The van der Waals surface area contributed by atoms with Crippen LogP contribution in [-0.4, -0.2) is 69.7 Å². The van der Waals surface area contributed by atoms with Gasteiger partial charge in [0.25, 0.3) is 11.9 Å². The van der Waals surface area contributed by atoms with Gasteiger partial charge in [0.05, 0.1) is 28.5 Å². The minimum Gasteiger partial charge on any atom is -0.342 e. The summed E-state index contributed by atoms with van der Waals surface area (Å²) in [4.78, 5) is 20.9. The van der Waals surface area contributed by atoms with Gasteiger partial charge in [-0.15, -0.1) is 8.81 Å². The minimum atomic E-state index is -4.38. The molecule has 13 nitrogen and oxygen atoms in total. The smallest absolute Gasteiger partial charge is 0.273 e. The zero-order valence-electron chi connectivity index (χ0n) is 19.6. The summed E-state index contributed by atoms with van der Waals surface area (Å²) >= 11 is 11.9. The molecule has 0 spiro atoms. The van der Waals surface area contributed by atoms with Crippen LogP contribution in [0, 0.1) is 0 Å². The quantitative estimate of drug-likeness (QED) is 0.393. The largest absolute Gasteiger partial charge is 0.342 e. The van der Waals surface area contributed by atoms with Gasteiger partial charge in [-0.25, -0.2) is 30.2 Å². The Labute approximate surface area is 223 Å². The van der Waals surface area contributed by atoms with Crippen LogP contribution in [0.3, 0.4) is 0 Å². The molecule has 1 atom stereocenters. The molecule has 0 fully saturated rings. The maximum Gasteiger partial charge on any atom is 0.273 e. The fraction of sp³-hybridized carbons (Fsp3) is 0.263. The SMILES string of the molecule is CC(NC(=O)c1cc(Cl)cc(S(C)(=O)=O)c1)c1nc(N(S(C)(=O)=O)S(C)(=O)=O)nn1-c1ccc(Cl)cn1. The van der Waals surface area contributed by atoms with Crippen molar-refractivity contribution in [3.05, 3.63) is 58.0 Å². The maximum atomic E-state index is 13.0. The molecule has 1 N–H and O–H groups in total. The lowest BCUT2D eigenvalue weighted by Gasteiger charge is -2.15. The van der Waals surface area contributed by atoms with Crippen molar-refractivity contribution in [1.82, 2.24) is 25.1 Å².